The van der Waals surface area contributed by atoms with Gasteiger partial charge in [-0.2, -0.15) is 0 Å². The largest absolute Gasteiger partial charge is 0.375 e. The third-order valence-electron chi connectivity index (χ3n) is 6.17. The van der Waals surface area contributed by atoms with E-state index in [0.29, 0.717) is 12.2 Å². The van der Waals surface area contributed by atoms with Gasteiger partial charge in [-0.15, -0.1) is 0 Å². The number of nitro groups is 1. The smallest absolute Gasteiger partial charge is 0.272 e. The molecule has 0 bridgehead atoms. The standard InChI is InChI=1S/C26H23FN4O3/c1-17-2-3-18(14-23(17)31(32)33)15-34-16-22-8-9-24-29-25(19-4-6-21(27)7-5-19)26(30(22)24)20-10-12-28-13-11-20/h2-7,10-14,22H,8-9,15-16H2,1H3. The summed E-state index contributed by atoms with van der Waals surface area (Å²) in [6.45, 7) is 2.46. The molecule has 0 N–H and O–H groups in total. The van der Waals surface area contributed by atoms with Crippen molar-refractivity contribution < 1.29 is 14.1 Å². The third kappa shape index (κ3) is 4.20. The van der Waals surface area contributed by atoms with Crippen molar-refractivity contribution in [3.8, 4) is 22.5 Å². The van der Waals surface area contributed by atoms with Crippen LogP contribution in [0.5, 0.6) is 0 Å². The van der Waals surface area contributed by atoms with Crippen molar-refractivity contribution >= 4 is 5.69 Å². The molecule has 0 saturated heterocycles. The van der Waals surface area contributed by atoms with E-state index in [1.54, 1.807) is 43.6 Å². The summed E-state index contributed by atoms with van der Waals surface area (Å²) < 4.78 is 21.8. The number of ether oxygens (including phenoxy) is 1. The summed E-state index contributed by atoms with van der Waals surface area (Å²) in [6.07, 6.45) is 5.18. The Kier molecular flexibility index (Phi) is 5.90. The lowest BCUT2D eigenvalue weighted by molar-refractivity contribution is -0.385. The molecule has 0 fully saturated rings. The maximum atomic E-state index is 13.5. The van der Waals surface area contributed by atoms with Crippen LogP contribution in [-0.4, -0.2) is 26.1 Å². The minimum absolute atomic E-state index is 0.0697. The van der Waals surface area contributed by atoms with E-state index in [4.69, 9.17) is 9.72 Å². The fourth-order valence-electron chi connectivity index (χ4n) is 4.48. The number of imidazole rings is 1. The number of halogens is 1. The molecule has 1 aliphatic heterocycles. The molecule has 0 amide bonds. The zero-order valence-corrected chi connectivity index (χ0v) is 18.6. The van der Waals surface area contributed by atoms with Crippen LogP contribution in [0.1, 0.15) is 29.4 Å². The first-order valence-electron chi connectivity index (χ1n) is 11.1. The van der Waals surface area contributed by atoms with Gasteiger partial charge in [0.15, 0.2) is 0 Å². The van der Waals surface area contributed by atoms with Gasteiger partial charge in [0.05, 0.1) is 35.6 Å². The van der Waals surface area contributed by atoms with Crippen LogP contribution in [0.15, 0.2) is 67.0 Å². The van der Waals surface area contributed by atoms with E-state index in [2.05, 4.69) is 9.55 Å². The molecule has 1 unspecified atom stereocenters. The van der Waals surface area contributed by atoms with E-state index in [-0.39, 0.29) is 29.1 Å². The van der Waals surface area contributed by atoms with Crippen molar-refractivity contribution in [2.24, 2.45) is 0 Å². The number of aromatic nitrogens is 3. The van der Waals surface area contributed by atoms with E-state index in [1.807, 2.05) is 18.2 Å². The van der Waals surface area contributed by atoms with Crippen LogP contribution in [0.4, 0.5) is 10.1 Å². The van der Waals surface area contributed by atoms with Crippen molar-refractivity contribution in [1.29, 1.82) is 0 Å². The number of rotatable bonds is 7. The second-order valence-corrected chi connectivity index (χ2v) is 8.42. The van der Waals surface area contributed by atoms with Gasteiger partial charge in [0, 0.05) is 41.6 Å². The average molecular weight is 458 g/mol. The Morgan fingerprint density at radius 1 is 1.12 bits per heavy atom. The molecule has 1 atom stereocenters. The van der Waals surface area contributed by atoms with Gasteiger partial charge in [0.2, 0.25) is 0 Å². The second-order valence-electron chi connectivity index (χ2n) is 8.42. The van der Waals surface area contributed by atoms with Crippen molar-refractivity contribution in [2.45, 2.75) is 32.4 Å². The van der Waals surface area contributed by atoms with Crippen LogP contribution in [0.25, 0.3) is 22.5 Å². The summed E-state index contributed by atoms with van der Waals surface area (Å²) in [7, 11) is 0. The van der Waals surface area contributed by atoms with Gasteiger partial charge in [0.1, 0.15) is 11.6 Å². The van der Waals surface area contributed by atoms with E-state index in [1.165, 1.54) is 12.1 Å². The van der Waals surface area contributed by atoms with Gasteiger partial charge in [-0.05, 0) is 55.3 Å². The fraction of sp³-hybridized carbons (Fsp3) is 0.231. The number of fused-ring (bicyclic) bond motifs is 1. The number of aryl methyl sites for hydroxylation is 2. The van der Waals surface area contributed by atoms with Crippen LogP contribution < -0.4 is 0 Å². The lowest BCUT2D eigenvalue weighted by Gasteiger charge is -2.18. The Balaban J connectivity index is 1.42. The van der Waals surface area contributed by atoms with Gasteiger partial charge in [-0.1, -0.05) is 12.1 Å². The first-order valence-corrected chi connectivity index (χ1v) is 11.1. The molecule has 0 saturated carbocycles. The Hall–Kier alpha value is -3.91. The highest BCUT2D eigenvalue weighted by molar-refractivity contribution is 5.79. The minimum atomic E-state index is -0.370. The highest BCUT2D eigenvalue weighted by Crippen LogP contribution is 2.39. The highest BCUT2D eigenvalue weighted by Gasteiger charge is 2.30. The molecule has 0 spiro atoms. The normalized spacial score (nSPS) is 14.8. The Morgan fingerprint density at radius 2 is 1.88 bits per heavy atom. The van der Waals surface area contributed by atoms with E-state index in [9.17, 15) is 14.5 Å². The average Bonchev–Trinajstić information content (AvgIpc) is 3.41. The first-order chi connectivity index (χ1) is 16.5. The number of nitro benzene ring substituents is 1. The summed E-state index contributed by atoms with van der Waals surface area (Å²) in [5, 5.41) is 11.2. The van der Waals surface area contributed by atoms with Crippen molar-refractivity contribution in [1.82, 2.24) is 14.5 Å². The number of pyridine rings is 1. The Morgan fingerprint density at radius 3 is 2.62 bits per heavy atom. The predicted octanol–water partition coefficient (Wildman–Crippen LogP) is 5.67. The highest BCUT2D eigenvalue weighted by atomic mass is 19.1. The molecule has 172 valence electrons. The minimum Gasteiger partial charge on any atom is -0.375 e. The molecule has 34 heavy (non-hydrogen) atoms. The third-order valence-corrected chi connectivity index (χ3v) is 6.17. The Bertz CT molecular complexity index is 1340. The molecule has 8 heteroatoms. The molecule has 0 radical (unpaired) electrons. The van der Waals surface area contributed by atoms with E-state index < -0.39 is 0 Å². The summed E-state index contributed by atoms with van der Waals surface area (Å²) in [5.41, 5.74) is 5.09. The lowest BCUT2D eigenvalue weighted by atomic mass is 10.0. The number of hydrogen-bond acceptors (Lipinski definition) is 5. The van der Waals surface area contributed by atoms with Crippen molar-refractivity contribution in [2.75, 3.05) is 6.61 Å². The maximum absolute atomic E-state index is 13.5. The summed E-state index contributed by atoms with van der Waals surface area (Å²) >= 11 is 0. The van der Waals surface area contributed by atoms with Gasteiger partial charge in [-0.3, -0.25) is 15.1 Å². The second kappa shape index (κ2) is 9.15. The molecule has 3 heterocycles. The molecule has 2 aromatic carbocycles. The van der Waals surface area contributed by atoms with Gasteiger partial charge in [-0.25, -0.2) is 9.37 Å². The Labute approximate surface area is 196 Å². The van der Waals surface area contributed by atoms with Crippen molar-refractivity contribution in [3.63, 3.8) is 0 Å². The number of nitrogens with zero attached hydrogens (tertiary/aromatic N) is 4. The molecule has 2 aromatic heterocycles. The predicted molar refractivity (Wildman–Crippen MR) is 126 cm³/mol. The summed E-state index contributed by atoms with van der Waals surface area (Å²) in [4.78, 5) is 19.9. The number of benzene rings is 2. The van der Waals surface area contributed by atoms with Gasteiger partial charge < -0.3 is 9.30 Å². The van der Waals surface area contributed by atoms with Crippen LogP contribution in [0.3, 0.4) is 0 Å². The fourth-order valence-corrected chi connectivity index (χ4v) is 4.48. The molecule has 1 aliphatic rings. The van der Waals surface area contributed by atoms with Crippen LogP contribution in [-0.2, 0) is 17.8 Å². The molecule has 0 aliphatic carbocycles. The lowest BCUT2D eigenvalue weighted by Crippen LogP contribution is -2.13. The molecule has 7 nitrogen and oxygen atoms in total. The van der Waals surface area contributed by atoms with Gasteiger partial charge >= 0.3 is 0 Å². The molecular weight excluding hydrogens is 435 g/mol. The van der Waals surface area contributed by atoms with Crippen LogP contribution >= 0.6 is 0 Å². The monoisotopic (exact) mass is 458 g/mol. The zero-order valence-electron chi connectivity index (χ0n) is 18.6. The van der Waals surface area contributed by atoms with Crippen LogP contribution in [0.2, 0.25) is 0 Å². The quantitative estimate of drug-likeness (QED) is 0.263. The first kappa shape index (κ1) is 21.9. The number of hydrogen-bond donors (Lipinski definition) is 0. The molecule has 5 rings (SSSR count). The SMILES string of the molecule is Cc1ccc(COCC2CCc3nc(-c4ccc(F)cc4)c(-c4ccncc4)n32)cc1[N+](=O)[O-]. The summed E-state index contributed by atoms with van der Waals surface area (Å²) in [6, 6.07) is 15.5. The maximum Gasteiger partial charge on any atom is 0.272 e. The molecule has 4 aromatic rings. The van der Waals surface area contributed by atoms with Crippen molar-refractivity contribution in [3.05, 3.63) is 99.9 Å². The molecular formula is C26H23FN4O3. The zero-order chi connectivity index (χ0) is 23.7. The van der Waals surface area contributed by atoms with Gasteiger partial charge in [0.25, 0.3) is 5.69 Å². The van der Waals surface area contributed by atoms with E-state index >= 15 is 0 Å². The topological polar surface area (TPSA) is 83.1 Å². The summed E-state index contributed by atoms with van der Waals surface area (Å²) in [5.74, 6) is 0.675. The van der Waals surface area contributed by atoms with E-state index in [0.717, 1.165) is 46.7 Å². The van der Waals surface area contributed by atoms with Crippen LogP contribution in [0, 0.1) is 22.9 Å².